The fourth-order valence-corrected chi connectivity index (χ4v) is 1.99. The number of hydrogen-bond donors (Lipinski definition) is 1. The molecule has 82 valence electrons. The second-order valence-corrected chi connectivity index (χ2v) is 4.11. The maximum Gasteiger partial charge on any atom is 0.267 e. The minimum atomic E-state index is -0.481. The predicted octanol–water partition coefficient (Wildman–Crippen LogP) is 2.26. The van der Waals surface area contributed by atoms with Crippen molar-refractivity contribution in [2.45, 2.75) is 20.8 Å². The Bertz CT molecular complexity index is 588. The third kappa shape index (κ3) is 1.54. The van der Waals surface area contributed by atoms with Crippen LogP contribution in [-0.2, 0) is 0 Å². The quantitative estimate of drug-likeness (QED) is 0.791. The van der Waals surface area contributed by atoms with E-state index in [-0.39, 0.29) is 0 Å². The monoisotopic (exact) mass is 214 g/mol. The molecule has 3 heteroatoms. The van der Waals surface area contributed by atoms with E-state index >= 15 is 0 Å². The average Bonchev–Trinajstić information content (AvgIpc) is 2.22. The standard InChI is InChI=1S/C13H14N2O/c1-7-4-5-8(2)12-11(7)9(3)6-10(15-12)13(14)16/h4-6H,1-3H3,(H2,14,16). The average molecular weight is 214 g/mol. The van der Waals surface area contributed by atoms with Crippen LogP contribution in [0.2, 0.25) is 0 Å². The summed E-state index contributed by atoms with van der Waals surface area (Å²) >= 11 is 0. The van der Waals surface area contributed by atoms with E-state index in [1.165, 1.54) is 5.56 Å². The molecule has 0 bridgehead atoms. The fourth-order valence-electron chi connectivity index (χ4n) is 1.99. The largest absolute Gasteiger partial charge is 0.364 e. The summed E-state index contributed by atoms with van der Waals surface area (Å²) in [4.78, 5) is 15.5. The highest BCUT2D eigenvalue weighted by Gasteiger charge is 2.10. The highest BCUT2D eigenvalue weighted by atomic mass is 16.1. The molecule has 1 amide bonds. The third-order valence-corrected chi connectivity index (χ3v) is 2.82. The molecule has 0 radical (unpaired) electrons. The first-order chi connectivity index (χ1) is 7.50. The van der Waals surface area contributed by atoms with Crippen molar-refractivity contribution in [1.29, 1.82) is 0 Å². The maximum absolute atomic E-state index is 11.2. The van der Waals surface area contributed by atoms with Crippen LogP contribution in [0.15, 0.2) is 18.2 Å². The highest BCUT2D eigenvalue weighted by molar-refractivity contribution is 5.96. The molecule has 0 saturated carbocycles. The van der Waals surface area contributed by atoms with E-state index in [2.05, 4.69) is 11.1 Å². The number of nitrogens with two attached hydrogens (primary N) is 1. The van der Waals surface area contributed by atoms with Crippen molar-refractivity contribution < 1.29 is 4.79 Å². The van der Waals surface area contributed by atoms with Crippen molar-refractivity contribution >= 4 is 16.8 Å². The lowest BCUT2D eigenvalue weighted by Crippen LogP contribution is -2.13. The number of rotatable bonds is 1. The number of fused-ring (bicyclic) bond motifs is 1. The van der Waals surface area contributed by atoms with Gasteiger partial charge >= 0.3 is 0 Å². The Labute approximate surface area is 94.3 Å². The first-order valence-corrected chi connectivity index (χ1v) is 5.18. The Kier molecular flexibility index (Phi) is 2.38. The van der Waals surface area contributed by atoms with Crippen LogP contribution >= 0.6 is 0 Å². The Morgan fingerprint density at radius 2 is 1.75 bits per heavy atom. The van der Waals surface area contributed by atoms with Gasteiger partial charge in [-0.1, -0.05) is 12.1 Å². The van der Waals surface area contributed by atoms with Crippen LogP contribution in [0.3, 0.4) is 0 Å². The van der Waals surface area contributed by atoms with Gasteiger partial charge in [-0.2, -0.15) is 0 Å². The zero-order chi connectivity index (χ0) is 11.9. The number of amides is 1. The van der Waals surface area contributed by atoms with Gasteiger partial charge in [0.25, 0.3) is 5.91 Å². The van der Waals surface area contributed by atoms with Gasteiger partial charge in [-0.3, -0.25) is 4.79 Å². The van der Waals surface area contributed by atoms with Crippen molar-refractivity contribution in [2.75, 3.05) is 0 Å². The van der Waals surface area contributed by atoms with E-state index < -0.39 is 5.91 Å². The molecule has 3 nitrogen and oxygen atoms in total. The second-order valence-electron chi connectivity index (χ2n) is 4.11. The van der Waals surface area contributed by atoms with Gasteiger partial charge in [0.15, 0.2) is 0 Å². The molecule has 0 fully saturated rings. The number of aryl methyl sites for hydroxylation is 3. The number of hydrogen-bond acceptors (Lipinski definition) is 2. The molecule has 2 rings (SSSR count). The smallest absolute Gasteiger partial charge is 0.267 e. The number of carbonyl (C=O) groups excluding carboxylic acids is 1. The Morgan fingerprint density at radius 1 is 1.12 bits per heavy atom. The topological polar surface area (TPSA) is 56.0 Å². The molecule has 1 heterocycles. The summed E-state index contributed by atoms with van der Waals surface area (Å²) < 4.78 is 0. The summed E-state index contributed by atoms with van der Waals surface area (Å²) in [6, 6.07) is 5.82. The van der Waals surface area contributed by atoms with Crippen LogP contribution in [0.25, 0.3) is 10.9 Å². The van der Waals surface area contributed by atoms with E-state index in [4.69, 9.17) is 5.73 Å². The van der Waals surface area contributed by atoms with Crippen molar-refractivity contribution in [3.63, 3.8) is 0 Å². The number of aromatic nitrogens is 1. The van der Waals surface area contributed by atoms with Crippen LogP contribution < -0.4 is 5.73 Å². The maximum atomic E-state index is 11.2. The summed E-state index contributed by atoms with van der Waals surface area (Å²) in [6.45, 7) is 6.00. The van der Waals surface area contributed by atoms with Crippen molar-refractivity contribution in [3.8, 4) is 0 Å². The van der Waals surface area contributed by atoms with E-state index in [1.54, 1.807) is 6.07 Å². The molecule has 0 aliphatic carbocycles. The van der Waals surface area contributed by atoms with Gasteiger partial charge in [-0.25, -0.2) is 4.98 Å². The molecular formula is C13H14N2O. The van der Waals surface area contributed by atoms with E-state index in [9.17, 15) is 4.79 Å². The number of primary amides is 1. The van der Waals surface area contributed by atoms with Gasteiger partial charge in [0.2, 0.25) is 0 Å². The Balaban J connectivity index is 2.92. The van der Waals surface area contributed by atoms with Crippen LogP contribution in [0.5, 0.6) is 0 Å². The molecule has 0 aliphatic rings. The molecule has 1 aromatic heterocycles. The lowest BCUT2D eigenvalue weighted by molar-refractivity contribution is 0.0996. The van der Waals surface area contributed by atoms with E-state index in [0.29, 0.717) is 5.69 Å². The second kappa shape index (κ2) is 3.59. The summed E-state index contributed by atoms with van der Waals surface area (Å²) in [7, 11) is 0. The summed E-state index contributed by atoms with van der Waals surface area (Å²) in [5, 5.41) is 1.12. The van der Waals surface area contributed by atoms with Crippen LogP contribution in [0.4, 0.5) is 0 Å². The first-order valence-electron chi connectivity index (χ1n) is 5.18. The molecule has 0 saturated heterocycles. The Morgan fingerprint density at radius 3 is 2.38 bits per heavy atom. The molecule has 2 N–H and O–H groups in total. The third-order valence-electron chi connectivity index (χ3n) is 2.82. The van der Waals surface area contributed by atoms with Gasteiger partial charge in [-0.15, -0.1) is 0 Å². The number of pyridine rings is 1. The summed E-state index contributed by atoms with van der Waals surface area (Å²) in [6.07, 6.45) is 0. The fraction of sp³-hybridized carbons (Fsp3) is 0.231. The van der Waals surface area contributed by atoms with Gasteiger partial charge in [0.1, 0.15) is 5.69 Å². The van der Waals surface area contributed by atoms with Crippen molar-refractivity contribution in [1.82, 2.24) is 4.98 Å². The van der Waals surface area contributed by atoms with Gasteiger partial charge in [0, 0.05) is 5.39 Å². The molecule has 0 atom stereocenters. The van der Waals surface area contributed by atoms with Gasteiger partial charge < -0.3 is 5.73 Å². The Hall–Kier alpha value is -1.90. The molecule has 0 spiro atoms. The van der Waals surface area contributed by atoms with Crippen molar-refractivity contribution in [2.24, 2.45) is 5.73 Å². The normalized spacial score (nSPS) is 10.7. The first kappa shape index (κ1) is 10.6. The number of nitrogens with zero attached hydrogens (tertiary/aromatic N) is 1. The van der Waals surface area contributed by atoms with E-state index in [1.807, 2.05) is 26.8 Å². The predicted molar refractivity (Wildman–Crippen MR) is 64.5 cm³/mol. The summed E-state index contributed by atoms with van der Waals surface area (Å²) in [5.74, 6) is -0.481. The molecule has 0 unspecified atom stereocenters. The molecule has 2 aromatic rings. The lowest BCUT2D eigenvalue weighted by Gasteiger charge is -2.09. The SMILES string of the molecule is Cc1ccc(C)c2c(C)cc(C(N)=O)nc12. The van der Waals surface area contributed by atoms with E-state index in [0.717, 1.165) is 22.0 Å². The minimum Gasteiger partial charge on any atom is -0.364 e. The van der Waals surface area contributed by atoms with Crippen LogP contribution in [0, 0.1) is 20.8 Å². The highest BCUT2D eigenvalue weighted by Crippen LogP contribution is 2.24. The molecular weight excluding hydrogens is 200 g/mol. The zero-order valence-corrected chi connectivity index (χ0v) is 9.66. The molecule has 0 aliphatic heterocycles. The van der Waals surface area contributed by atoms with Crippen LogP contribution in [0.1, 0.15) is 27.2 Å². The number of benzene rings is 1. The van der Waals surface area contributed by atoms with Gasteiger partial charge in [0.05, 0.1) is 5.52 Å². The molecule has 16 heavy (non-hydrogen) atoms. The van der Waals surface area contributed by atoms with Crippen molar-refractivity contribution in [3.05, 3.63) is 40.6 Å². The van der Waals surface area contributed by atoms with Crippen LogP contribution in [-0.4, -0.2) is 10.9 Å². The minimum absolute atomic E-state index is 0.332. The summed E-state index contributed by atoms with van der Waals surface area (Å²) in [5.41, 5.74) is 9.73. The van der Waals surface area contributed by atoms with Gasteiger partial charge in [-0.05, 0) is 43.5 Å². The number of carbonyl (C=O) groups is 1. The zero-order valence-electron chi connectivity index (χ0n) is 9.66. The molecule has 1 aromatic carbocycles. The lowest BCUT2D eigenvalue weighted by atomic mass is 10.0.